The van der Waals surface area contributed by atoms with Crippen LogP contribution in [0.3, 0.4) is 0 Å². The Morgan fingerprint density at radius 2 is 2.21 bits per heavy atom. The van der Waals surface area contributed by atoms with Gasteiger partial charge in [0.05, 0.1) is 0 Å². The van der Waals surface area contributed by atoms with Crippen molar-refractivity contribution in [1.82, 2.24) is 0 Å². The van der Waals surface area contributed by atoms with Crippen LogP contribution in [0.15, 0.2) is 47.0 Å². The molecule has 0 aromatic rings. The maximum Gasteiger partial charge on any atom is 0.230 e. The molecule has 0 aromatic carbocycles. The Balaban J connectivity index is 1.93. The van der Waals surface area contributed by atoms with Gasteiger partial charge >= 0.3 is 0 Å². The van der Waals surface area contributed by atoms with Crippen molar-refractivity contribution in [1.29, 1.82) is 0 Å². The van der Waals surface area contributed by atoms with E-state index in [2.05, 4.69) is 24.3 Å². The molecule has 0 amide bonds. The normalized spacial score (nSPS) is 36.0. The third kappa shape index (κ3) is 0.617. The van der Waals surface area contributed by atoms with Crippen molar-refractivity contribution in [2.75, 3.05) is 6.79 Å². The average molecular weight is 186 g/mol. The van der Waals surface area contributed by atoms with Gasteiger partial charge in [0.25, 0.3) is 0 Å². The Hall–Kier alpha value is -1.44. The fraction of sp³-hybridized carbons (Fsp3) is 0.333. The van der Waals surface area contributed by atoms with Gasteiger partial charge in [-0.2, -0.15) is 0 Å². The molecule has 1 heterocycles. The first-order valence-electron chi connectivity index (χ1n) is 4.97. The van der Waals surface area contributed by atoms with Crippen LogP contribution in [0.5, 0.6) is 0 Å². The third-order valence-electron chi connectivity index (χ3n) is 3.56. The van der Waals surface area contributed by atoms with Crippen LogP contribution in [0.4, 0.5) is 0 Å². The zero-order chi connectivity index (χ0) is 9.17. The summed E-state index contributed by atoms with van der Waals surface area (Å²) in [4.78, 5) is 0. The van der Waals surface area contributed by atoms with Crippen molar-refractivity contribution in [2.45, 2.75) is 12.8 Å². The lowest BCUT2D eigenvalue weighted by Crippen LogP contribution is -2.19. The summed E-state index contributed by atoms with van der Waals surface area (Å²) in [7, 11) is 0. The van der Waals surface area contributed by atoms with Crippen LogP contribution >= 0.6 is 0 Å². The van der Waals surface area contributed by atoms with Gasteiger partial charge in [-0.15, -0.1) is 0 Å². The van der Waals surface area contributed by atoms with E-state index in [9.17, 15) is 0 Å². The molecule has 4 aliphatic rings. The van der Waals surface area contributed by atoms with Gasteiger partial charge in [-0.05, 0) is 17.6 Å². The van der Waals surface area contributed by atoms with E-state index in [1.54, 1.807) is 0 Å². The summed E-state index contributed by atoms with van der Waals surface area (Å²) >= 11 is 0. The molecule has 0 fully saturated rings. The van der Waals surface area contributed by atoms with Gasteiger partial charge in [-0.25, -0.2) is 0 Å². The molecule has 2 heteroatoms. The molecular formula is C12H10O2. The summed E-state index contributed by atoms with van der Waals surface area (Å²) in [5, 5.41) is 0. The zero-order valence-corrected chi connectivity index (χ0v) is 7.75. The summed E-state index contributed by atoms with van der Waals surface area (Å²) in [6.45, 7) is 0.404. The highest BCUT2D eigenvalue weighted by atomic mass is 16.7. The Morgan fingerprint density at radius 3 is 3.21 bits per heavy atom. The molecule has 70 valence electrons. The monoisotopic (exact) mass is 186 g/mol. The maximum absolute atomic E-state index is 5.50. The van der Waals surface area contributed by atoms with Crippen molar-refractivity contribution in [2.24, 2.45) is 5.41 Å². The Morgan fingerprint density at radius 1 is 1.21 bits per heavy atom. The molecule has 0 aromatic heterocycles. The number of allylic oxidation sites excluding steroid dienone is 7. The van der Waals surface area contributed by atoms with Gasteiger partial charge in [0.15, 0.2) is 5.76 Å². The van der Waals surface area contributed by atoms with Crippen LogP contribution < -0.4 is 0 Å². The highest BCUT2D eigenvalue weighted by Gasteiger charge is 2.47. The second-order valence-electron chi connectivity index (χ2n) is 4.32. The van der Waals surface area contributed by atoms with E-state index in [4.69, 9.17) is 9.47 Å². The standard InChI is InChI=1S/C12H10O2/c1-2-9-4-8-5-12(9,3-1)6-10-11(8)14-7-13-10/h1-4H,5-7H2. The summed E-state index contributed by atoms with van der Waals surface area (Å²) in [6.07, 6.45) is 11.0. The molecular weight excluding hydrogens is 176 g/mol. The minimum atomic E-state index is 0.224. The van der Waals surface area contributed by atoms with E-state index in [-0.39, 0.29) is 5.41 Å². The first-order chi connectivity index (χ1) is 6.87. The Bertz CT molecular complexity index is 451. The maximum atomic E-state index is 5.50. The Labute approximate surface area is 82.2 Å². The summed E-state index contributed by atoms with van der Waals surface area (Å²) in [5.74, 6) is 2.07. The third-order valence-corrected chi connectivity index (χ3v) is 3.56. The first kappa shape index (κ1) is 6.93. The van der Waals surface area contributed by atoms with Gasteiger partial charge in [-0.3, -0.25) is 0 Å². The lowest BCUT2D eigenvalue weighted by atomic mass is 9.76. The fourth-order valence-electron chi connectivity index (χ4n) is 2.89. The van der Waals surface area contributed by atoms with Crippen molar-refractivity contribution >= 4 is 0 Å². The van der Waals surface area contributed by atoms with E-state index in [0.29, 0.717) is 6.79 Å². The molecule has 3 aliphatic carbocycles. The molecule has 14 heavy (non-hydrogen) atoms. The van der Waals surface area contributed by atoms with E-state index >= 15 is 0 Å². The second kappa shape index (κ2) is 1.97. The van der Waals surface area contributed by atoms with Crippen LogP contribution in [-0.4, -0.2) is 6.79 Å². The second-order valence-corrected chi connectivity index (χ2v) is 4.32. The van der Waals surface area contributed by atoms with Crippen molar-refractivity contribution in [3.8, 4) is 0 Å². The predicted molar refractivity (Wildman–Crippen MR) is 51.0 cm³/mol. The van der Waals surface area contributed by atoms with Gasteiger partial charge in [0.1, 0.15) is 5.76 Å². The van der Waals surface area contributed by atoms with Crippen molar-refractivity contribution < 1.29 is 9.47 Å². The van der Waals surface area contributed by atoms with Crippen molar-refractivity contribution in [3.63, 3.8) is 0 Å². The van der Waals surface area contributed by atoms with E-state index in [1.165, 1.54) is 11.1 Å². The van der Waals surface area contributed by atoms with Gasteiger partial charge in [0.2, 0.25) is 6.79 Å². The van der Waals surface area contributed by atoms with Crippen molar-refractivity contribution in [3.05, 3.63) is 47.0 Å². The zero-order valence-electron chi connectivity index (χ0n) is 7.75. The van der Waals surface area contributed by atoms with Crippen LogP contribution in [0.25, 0.3) is 0 Å². The number of fused-ring (bicyclic) bond motifs is 2. The van der Waals surface area contributed by atoms with Crippen LogP contribution in [-0.2, 0) is 9.47 Å². The van der Waals surface area contributed by atoms with E-state index in [0.717, 1.165) is 24.4 Å². The average Bonchev–Trinajstić information content (AvgIpc) is 2.78. The van der Waals surface area contributed by atoms with Gasteiger partial charge in [-0.1, -0.05) is 24.3 Å². The minimum Gasteiger partial charge on any atom is -0.458 e. The molecule has 2 bridgehead atoms. The first-order valence-corrected chi connectivity index (χ1v) is 4.97. The number of ether oxygens (including phenoxy) is 2. The van der Waals surface area contributed by atoms with E-state index < -0.39 is 0 Å². The van der Waals surface area contributed by atoms with Crippen LogP contribution in [0.1, 0.15) is 12.8 Å². The number of hydrogen-bond donors (Lipinski definition) is 0. The highest BCUT2D eigenvalue weighted by molar-refractivity contribution is 5.57. The molecule has 1 unspecified atom stereocenters. The lowest BCUT2D eigenvalue weighted by Gasteiger charge is -2.28. The molecule has 0 saturated carbocycles. The van der Waals surface area contributed by atoms with Gasteiger partial charge in [0, 0.05) is 11.8 Å². The summed E-state index contributed by atoms with van der Waals surface area (Å²) < 4.78 is 11.0. The molecule has 0 N–H and O–H groups in total. The minimum absolute atomic E-state index is 0.224. The molecule has 0 saturated heterocycles. The summed E-state index contributed by atoms with van der Waals surface area (Å²) in [6, 6.07) is 0. The smallest absolute Gasteiger partial charge is 0.230 e. The molecule has 0 radical (unpaired) electrons. The number of hydrogen-bond acceptors (Lipinski definition) is 2. The molecule has 1 atom stereocenters. The van der Waals surface area contributed by atoms with Crippen LogP contribution in [0.2, 0.25) is 0 Å². The topological polar surface area (TPSA) is 18.5 Å². The fourth-order valence-corrected chi connectivity index (χ4v) is 2.89. The quantitative estimate of drug-likeness (QED) is 0.578. The SMILES string of the molecule is C1=CC23CC(=CC2=C1)C1=C(C3)OCO1. The van der Waals surface area contributed by atoms with Crippen LogP contribution in [0, 0.1) is 5.41 Å². The van der Waals surface area contributed by atoms with E-state index in [1.807, 2.05) is 0 Å². The largest absolute Gasteiger partial charge is 0.458 e. The number of rotatable bonds is 0. The molecule has 2 nitrogen and oxygen atoms in total. The molecule has 1 aliphatic heterocycles. The lowest BCUT2D eigenvalue weighted by molar-refractivity contribution is 0.0708. The molecule has 1 spiro atoms. The Kier molecular flexibility index (Phi) is 0.977. The summed E-state index contributed by atoms with van der Waals surface area (Å²) in [5.41, 5.74) is 2.97. The highest BCUT2D eigenvalue weighted by Crippen LogP contribution is 2.57. The molecule has 4 rings (SSSR count). The van der Waals surface area contributed by atoms with Gasteiger partial charge < -0.3 is 9.47 Å². The predicted octanol–water partition coefficient (Wildman–Crippen LogP) is 2.42.